The van der Waals surface area contributed by atoms with Gasteiger partial charge >= 0.3 is 0 Å². The van der Waals surface area contributed by atoms with Crippen LogP contribution in [-0.2, 0) is 11.2 Å². The van der Waals surface area contributed by atoms with Gasteiger partial charge in [0.2, 0.25) is 0 Å². The number of ether oxygens (including phenoxy) is 2. The van der Waals surface area contributed by atoms with Crippen molar-refractivity contribution in [1.82, 2.24) is 5.32 Å². The van der Waals surface area contributed by atoms with Gasteiger partial charge in [0.05, 0.1) is 19.8 Å². The van der Waals surface area contributed by atoms with Crippen LogP contribution in [0.2, 0.25) is 0 Å². The van der Waals surface area contributed by atoms with Gasteiger partial charge in [0.25, 0.3) is 0 Å². The van der Waals surface area contributed by atoms with E-state index in [9.17, 15) is 0 Å². The summed E-state index contributed by atoms with van der Waals surface area (Å²) in [5, 5.41) is 3.47. The summed E-state index contributed by atoms with van der Waals surface area (Å²) in [4.78, 5) is 0. The van der Waals surface area contributed by atoms with E-state index >= 15 is 0 Å². The van der Waals surface area contributed by atoms with E-state index in [4.69, 9.17) is 9.47 Å². The molecule has 1 fully saturated rings. The fourth-order valence-electron chi connectivity index (χ4n) is 2.10. The Hall–Kier alpha value is -1.06. The minimum absolute atomic E-state index is 0.500. The summed E-state index contributed by atoms with van der Waals surface area (Å²) in [5.41, 5.74) is 1.34. The predicted octanol–water partition coefficient (Wildman–Crippen LogP) is 2.01. The van der Waals surface area contributed by atoms with Gasteiger partial charge in [0.15, 0.2) is 0 Å². The SMILES string of the molecule is CCOc1cccc(CCC2COCCN2)c1. The molecule has 3 nitrogen and oxygen atoms in total. The molecule has 1 atom stereocenters. The smallest absolute Gasteiger partial charge is 0.119 e. The Balaban J connectivity index is 1.83. The van der Waals surface area contributed by atoms with E-state index in [-0.39, 0.29) is 0 Å². The van der Waals surface area contributed by atoms with E-state index in [0.29, 0.717) is 6.04 Å². The summed E-state index contributed by atoms with van der Waals surface area (Å²) in [7, 11) is 0. The largest absolute Gasteiger partial charge is 0.494 e. The Morgan fingerprint density at radius 3 is 3.18 bits per heavy atom. The molecule has 0 amide bonds. The molecule has 0 aliphatic carbocycles. The van der Waals surface area contributed by atoms with Gasteiger partial charge in [-0.15, -0.1) is 0 Å². The van der Waals surface area contributed by atoms with Crippen LogP contribution in [0.25, 0.3) is 0 Å². The van der Waals surface area contributed by atoms with Crippen LogP contribution in [0.5, 0.6) is 5.75 Å². The van der Waals surface area contributed by atoms with Crippen LogP contribution in [0, 0.1) is 0 Å². The molecule has 0 aromatic heterocycles. The van der Waals surface area contributed by atoms with Crippen LogP contribution < -0.4 is 10.1 Å². The monoisotopic (exact) mass is 235 g/mol. The highest BCUT2D eigenvalue weighted by molar-refractivity contribution is 5.28. The van der Waals surface area contributed by atoms with Gasteiger partial charge in [-0.05, 0) is 37.5 Å². The van der Waals surface area contributed by atoms with Crippen LogP contribution in [-0.4, -0.2) is 32.4 Å². The van der Waals surface area contributed by atoms with Crippen molar-refractivity contribution in [3.05, 3.63) is 29.8 Å². The van der Waals surface area contributed by atoms with Crippen molar-refractivity contribution < 1.29 is 9.47 Å². The van der Waals surface area contributed by atoms with Crippen LogP contribution in [0.1, 0.15) is 18.9 Å². The number of benzene rings is 1. The Morgan fingerprint density at radius 1 is 1.47 bits per heavy atom. The molecular weight excluding hydrogens is 214 g/mol. The lowest BCUT2D eigenvalue weighted by molar-refractivity contribution is 0.0743. The van der Waals surface area contributed by atoms with Gasteiger partial charge in [-0.3, -0.25) is 0 Å². The number of morpholine rings is 1. The predicted molar refractivity (Wildman–Crippen MR) is 68.5 cm³/mol. The van der Waals surface area contributed by atoms with E-state index in [1.807, 2.05) is 13.0 Å². The quantitative estimate of drug-likeness (QED) is 0.847. The van der Waals surface area contributed by atoms with Crippen molar-refractivity contribution in [2.75, 3.05) is 26.4 Å². The molecule has 1 N–H and O–H groups in total. The molecule has 1 saturated heterocycles. The average molecular weight is 235 g/mol. The van der Waals surface area contributed by atoms with E-state index in [1.54, 1.807) is 0 Å². The molecule has 2 rings (SSSR count). The van der Waals surface area contributed by atoms with E-state index in [2.05, 4.69) is 23.5 Å². The summed E-state index contributed by atoms with van der Waals surface area (Å²) in [5.74, 6) is 0.970. The van der Waals surface area contributed by atoms with Crippen molar-refractivity contribution >= 4 is 0 Å². The van der Waals surface area contributed by atoms with Gasteiger partial charge < -0.3 is 14.8 Å². The lowest BCUT2D eigenvalue weighted by Gasteiger charge is -2.23. The second-order valence-corrected chi connectivity index (χ2v) is 4.35. The van der Waals surface area contributed by atoms with Crippen LogP contribution in [0.3, 0.4) is 0 Å². The second kappa shape index (κ2) is 6.62. The van der Waals surface area contributed by atoms with E-state index in [1.165, 1.54) is 5.56 Å². The third-order valence-corrected chi connectivity index (χ3v) is 2.99. The minimum atomic E-state index is 0.500. The average Bonchev–Trinajstić information content (AvgIpc) is 2.39. The highest BCUT2D eigenvalue weighted by Gasteiger charge is 2.12. The summed E-state index contributed by atoms with van der Waals surface area (Å²) in [6.07, 6.45) is 2.19. The minimum Gasteiger partial charge on any atom is -0.494 e. The third-order valence-electron chi connectivity index (χ3n) is 2.99. The third kappa shape index (κ3) is 4.02. The number of rotatable bonds is 5. The van der Waals surface area contributed by atoms with Crippen LogP contribution in [0.4, 0.5) is 0 Å². The first kappa shape index (κ1) is 12.4. The van der Waals surface area contributed by atoms with Gasteiger partial charge in [-0.2, -0.15) is 0 Å². The zero-order valence-corrected chi connectivity index (χ0v) is 10.4. The van der Waals surface area contributed by atoms with Crippen LogP contribution >= 0.6 is 0 Å². The Bertz CT molecular complexity index is 335. The zero-order valence-electron chi connectivity index (χ0n) is 10.4. The van der Waals surface area contributed by atoms with E-state index in [0.717, 1.165) is 45.0 Å². The lowest BCUT2D eigenvalue weighted by Crippen LogP contribution is -2.41. The number of nitrogens with one attached hydrogen (secondary N) is 1. The number of hydrogen-bond donors (Lipinski definition) is 1. The fraction of sp³-hybridized carbons (Fsp3) is 0.571. The van der Waals surface area contributed by atoms with E-state index < -0.39 is 0 Å². The molecule has 17 heavy (non-hydrogen) atoms. The highest BCUT2D eigenvalue weighted by atomic mass is 16.5. The Labute approximate surface area is 103 Å². The summed E-state index contributed by atoms with van der Waals surface area (Å²) in [6, 6.07) is 8.86. The molecule has 1 heterocycles. The summed E-state index contributed by atoms with van der Waals surface area (Å²) in [6.45, 7) is 5.39. The molecule has 1 aliphatic heterocycles. The molecule has 0 saturated carbocycles. The fourth-order valence-corrected chi connectivity index (χ4v) is 2.10. The van der Waals surface area contributed by atoms with Gasteiger partial charge in [0, 0.05) is 12.6 Å². The first-order valence-corrected chi connectivity index (χ1v) is 6.41. The van der Waals surface area contributed by atoms with Crippen molar-refractivity contribution in [1.29, 1.82) is 0 Å². The molecule has 0 bridgehead atoms. The first-order chi connectivity index (χ1) is 8.38. The molecule has 94 valence electrons. The molecule has 1 aromatic rings. The van der Waals surface area contributed by atoms with Gasteiger partial charge in [-0.1, -0.05) is 12.1 Å². The van der Waals surface area contributed by atoms with Crippen LogP contribution in [0.15, 0.2) is 24.3 Å². The van der Waals surface area contributed by atoms with Crippen molar-refractivity contribution in [2.45, 2.75) is 25.8 Å². The standard InChI is InChI=1S/C14H21NO2/c1-2-17-14-5-3-4-12(10-14)6-7-13-11-16-9-8-15-13/h3-5,10,13,15H,2,6-9,11H2,1H3. The number of aryl methyl sites for hydroxylation is 1. The van der Waals surface area contributed by atoms with Crippen molar-refractivity contribution in [3.8, 4) is 5.75 Å². The van der Waals surface area contributed by atoms with Gasteiger partial charge in [-0.25, -0.2) is 0 Å². The first-order valence-electron chi connectivity index (χ1n) is 6.41. The highest BCUT2D eigenvalue weighted by Crippen LogP contribution is 2.15. The molecule has 3 heteroatoms. The summed E-state index contributed by atoms with van der Waals surface area (Å²) >= 11 is 0. The molecule has 0 spiro atoms. The lowest BCUT2D eigenvalue weighted by atomic mass is 10.0. The maximum Gasteiger partial charge on any atom is 0.119 e. The molecule has 0 radical (unpaired) electrons. The normalized spacial score (nSPS) is 20.2. The topological polar surface area (TPSA) is 30.5 Å². The molecule has 1 unspecified atom stereocenters. The Kier molecular flexibility index (Phi) is 4.83. The maximum absolute atomic E-state index is 5.50. The zero-order chi connectivity index (χ0) is 11.9. The Morgan fingerprint density at radius 2 is 2.41 bits per heavy atom. The molecule has 1 aliphatic rings. The molecular formula is C14H21NO2. The van der Waals surface area contributed by atoms with Gasteiger partial charge in [0.1, 0.15) is 5.75 Å². The molecule has 1 aromatic carbocycles. The summed E-state index contributed by atoms with van der Waals surface area (Å²) < 4.78 is 10.9. The van der Waals surface area contributed by atoms with Crippen molar-refractivity contribution in [3.63, 3.8) is 0 Å². The maximum atomic E-state index is 5.50. The second-order valence-electron chi connectivity index (χ2n) is 4.35. The number of hydrogen-bond acceptors (Lipinski definition) is 3. The van der Waals surface area contributed by atoms with Crippen molar-refractivity contribution in [2.24, 2.45) is 0 Å².